The summed E-state index contributed by atoms with van der Waals surface area (Å²) in [5, 5.41) is 12.7. The number of alkyl halides is 3. The quantitative estimate of drug-likeness (QED) is 0.486. The van der Waals surface area contributed by atoms with Crippen LogP contribution in [0.15, 0.2) is 35.5 Å². The second-order valence-electron chi connectivity index (χ2n) is 10.6. The number of aromatic nitrogens is 1. The van der Waals surface area contributed by atoms with Crippen molar-refractivity contribution < 1.29 is 27.4 Å². The molecule has 1 aromatic heterocycles. The van der Waals surface area contributed by atoms with E-state index in [4.69, 9.17) is 15.2 Å². The van der Waals surface area contributed by atoms with Crippen LogP contribution in [0.3, 0.4) is 0 Å². The van der Waals surface area contributed by atoms with Crippen molar-refractivity contribution in [3.63, 3.8) is 0 Å². The molecule has 3 aliphatic heterocycles. The van der Waals surface area contributed by atoms with E-state index in [-0.39, 0.29) is 30.4 Å². The molecule has 2 unspecified atom stereocenters. The Morgan fingerprint density at radius 1 is 1.23 bits per heavy atom. The molecule has 214 valence electrons. The number of carbonyl (C=O) groups is 1. The maximum atomic E-state index is 14.2. The number of nitrogens with one attached hydrogen (secondary N) is 1. The maximum absolute atomic E-state index is 14.2. The van der Waals surface area contributed by atoms with Crippen molar-refractivity contribution in [2.75, 3.05) is 44.8 Å². The third-order valence-corrected chi connectivity index (χ3v) is 7.78. The number of likely N-dealkylation sites (tertiary alicyclic amines) is 1. The van der Waals surface area contributed by atoms with Crippen molar-refractivity contribution in [1.29, 1.82) is 5.26 Å². The van der Waals surface area contributed by atoms with Gasteiger partial charge in [-0.15, -0.1) is 0 Å². The molecule has 3 N–H and O–H groups in total. The Bertz CT molecular complexity index is 1290. The number of nitrogens with zero attached hydrogens (tertiary/aromatic N) is 4. The molecule has 0 saturated carbocycles. The number of nitriles is 1. The van der Waals surface area contributed by atoms with E-state index in [1.807, 2.05) is 21.7 Å². The number of rotatable bonds is 9. The Hall–Kier alpha value is -3.56. The van der Waals surface area contributed by atoms with Gasteiger partial charge >= 0.3 is 6.18 Å². The molecule has 40 heavy (non-hydrogen) atoms. The predicted octanol–water partition coefficient (Wildman–Crippen LogP) is 3.62. The summed E-state index contributed by atoms with van der Waals surface area (Å²) < 4.78 is 55.6. The second kappa shape index (κ2) is 11.9. The molecule has 9 nitrogen and oxygen atoms in total. The Balaban J connectivity index is 1.31. The lowest BCUT2D eigenvalue weighted by molar-refractivity contribution is -0.139. The van der Waals surface area contributed by atoms with Crippen LogP contribution >= 0.6 is 0 Å². The zero-order valence-corrected chi connectivity index (χ0v) is 22.1. The largest absolute Gasteiger partial charge is 0.493 e. The minimum Gasteiger partial charge on any atom is -0.493 e. The van der Waals surface area contributed by atoms with Crippen LogP contribution in [-0.4, -0.2) is 66.7 Å². The van der Waals surface area contributed by atoms with E-state index in [2.05, 4.69) is 16.4 Å². The van der Waals surface area contributed by atoms with Crippen molar-refractivity contribution >= 4 is 17.4 Å². The van der Waals surface area contributed by atoms with Gasteiger partial charge in [0.1, 0.15) is 17.6 Å². The minimum atomic E-state index is -4.63. The van der Waals surface area contributed by atoms with Crippen molar-refractivity contribution in [1.82, 2.24) is 9.47 Å². The summed E-state index contributed by atoms with van der Waals surface area (Å²) in [5.41, 5.74) is 5.63. The highest BCUT2D eigenvalue weighted by Gasteiger charge is 2.36. The number of amides is 1. The third-order valence-electron chi connectivity index (χ3n) is 7.78. The van der Waals surface area contributed by atoms with Gasteiger partial charge in [0.25, 0.3) is 0 Å². The number of primary amides is 1. The summed E-state index contributed by atoms with van der Waals surface area (Å²) in [5.74, 6) is 0.712. The highest BCUT2D eigenvalue weighted by Crippen LogP contribution is 2.38. The number of carbonyl (C=O) groups excluding carboxylic acids is 1. The topological polar surface area (TPSA) is 118 Å². The number of aliphatic imine (C=N–C) groups is 1. The fraction of sp³-hybridized carbons (Fsp3) is 0.536. The monoisotopic (exact) mass is 558 g/mol. The van der Waals surface area contributed by atoms with Gasteiger partial charge in [-0.2, -0.15) is 18.4 Å². The Morgan fingerprint density at radius 3 is 2.70 bits per heavy atom. The Kier molecular flexibility index (Phi) is 8.32. The van der Waals surface area contributed by atoms with E-state index >= 15 is 0 Å². The fourth-order valence-corrected chi connectivity index (χ4v) is 5.65. The first-order chi connectivity index (χ1) is 19.2. The van der Waals surface area contributed by atoms with Gasteiger partial charge in [0.2, 0.25) is 12.1 Å². The zero-order valence-electron chi connectivity index (χ0n) is 22.1. The molecule has 5 rings (SSSR count). The normalized spacial score (nSPS) is 21.8. The van der Waals surface area contributed by atoms with E-state index in [1.54, 1.807) is 6.07 Å². The van der Waals surface area contributed by atoms with Gasteiger partial charge < -0.3 is 25.1 Å². The molecule has 2 aromatic rings. The highest BCUT2D eigenvalue weighted by atomic mass is 19.4. The molecule has 0 aliphatic carbocycles. The van der Waals surface area contributed by atoms with Crippen molar-refractivity contribution in [2.45, 2.75) is 44.6 Å². The van der Waals surface area contributed by atoms with Gasteiger partial charge in [-0.05, 0) is 69.0 Å². The van der Waals surface area contributed by atoms with E-state index in [1.165, 1.54) is 6.07 Å². The Labute approximate surface area is 230 Å². The predicted molar refractivity (Wildman–Crippen MR) is 142 cm³/mol. The average molecular weight is 559 g/mol. The number of nitrogens with two attached hydrogens (primary N) is 1. The number of benzene rings is 1. The van der Waals surface area contributed by atoms with Crippen LogP contribution in [0, 0.1) is 23.2 Å². The molecule has 12 heteroatoms. The molecule has 1 amide bonds. The highest BCUT2D eigenvalue weighted by molar-refractivity contribution is 6.17. The number of anilines is 1. The van der Waals surface area contributed by atoms with Gasteiger partial charge in [-0.3, -0.25) is 9.69 Å². The fourth-order valence-electron chi connectivity index (χ4n) is 5.65. The Morgan fingerprint density at radius 2 is 2.02 bits per heavy atom. The molecular formula is C28H33F3N6O3. The average Bonchev–Trinajstić information content (AvgIpc) is 3.59. The van der Waals surface area contributed by atoms with Gasteiger partial charge in [0.05, 0.1) is 31.0 Å². The van der Waals surface area contributed by atoms with E-state index in [0.29, 0.717) is 55.1 Å². The van der Waals surface area contributed by atoms with Crippen LogP contribution in [-0.2, 0) is 22.3 Å². The molecule has 1 aromatic carbocycles. The smallest absolute Gasteiger partial charge is 0.419 e. The molecule has 0 bridgehead atoms. The number of hydrogen-bond acceptors (Lipinski definition) is 7. The number of ether oxygens (including phenoxy) is 2. The number of fused-ring (bicyclic) bond motifs is 1. The number of halogens is 3. The molecular weight excluding hydrogens is 525 g/mol. The SMILES string of the molecule is N#CC1N=C(c2ccc(OCCC3CCN(CC(N)=O)CC3)c(C(F)(F)F)c2)c2ccn(CC3CCOC3)c2N1. The van der Waals surface area contributed by atoms with Crippen LogP contribution in [0.4, 0.5) is 19.0 Å². The van der Waals surface area contributed by atoms with Crippen LogP contribution in [0.2, 0.25) is 0 Å². The molecule has 4 heterocycles. The van der Waals surface area contributed by atoms with Crippen molar-refractivity contribution in [3.8, 4) is 11.8 Å². The molecule has 0 radical (unpaired) electrons. The van der Waals surface area contributed by atoms with Gasteiger partial charge in [-0.25, -0.2) is 4.99 Å². The lowest BCUT2D eigenvalue weighted by Crippen LogP contribution is -2.39. The summed E-state index contributed by atoms with van der Waals surface area (Å²) >= 11 is 0. The summed E-state index contributed by atoms with van der Waals surface area (Å²) in [4.78, 5) is 17.5. The second-order valence-corrected chi connectivity index (χ2v) is 10.6. The first-order valence-electron chi connectivity index (χ1n) is 13.6. The summed E-state index contributed by atoms with van der Waals surface area (Å²) in [7, 11) is 0. The molecule has 2 fully saturated rings. The summed E-state index contributed by atoms with van der Waals surface area (Å²) in [6, 6.07) is 7.85. The first-order valence-corrected chi connectivity index (χ1v) is 13.6. The standard InChI is InChI=1S/C28H33F3N6O3/c29-28(30,31)22-13-20(1-2-23(22)40-12-7-18-3-8-36(9-4-18)16-24(33)38)26-21-5-10-37(15-19-6-11-39-17-19)27(21)35-25(14-32)34-26/h1-2,5,10,13,18-19,25,35H,3-4,6-9,11-12,15-17H2,(H2,33,38). The molecule has 0 spiro atoms. The van der Waals surface area contributed by atoms with E-state index in [0.717, 1.165) is 38.4 Å². The number of hydrogen-bond donors (Lipinski definition) is 2. The zero-order chi connectivity index (χ0) is 28.3. The lowest BCUT2D eigenvalue weighted by Gasteiger charge is -2.31. The minimum absolute atomic E-state index is 0.155. The molecule has 2 atom stereocenters. The van der Waals surface area contributed by atoms with Crippen LogP contribution in [0.1, 0.15) is 42.4 Å². The van der Waals surface area contributed by atoms with Crippen LogP contribution in [0.25, 0.3) is 0 Å². The third kappa shape index (κ3) is 6.42. The first kappa shape index (κ1) is 28.0. The lowest BCUT2D eigenvalue weighted by atomic mass is 9.94. The molecule has 2 saturated heterocycles. The summed E-state index contributed by atoms with van der Waals surface area (Å²) in [6.45, 7) is 3.88. The van der Waals surface area contributed by atoms with E-state index in [9.17, 15) is 23.2 Å². The van der Waals surface area contributed by atoms with E-state index < -0.39 is 17.9 Å². The van der Waals surface area contributed by atoms with Gasteiger partial charge in [0, 0.05) is 36.4 Å². The number of piperidine rings is 1. The molecule has 3 aliphatic rings. The van der Waals surface area contributed by atoms with Crippen LogP contribution in [0.5, 0.6) is 5.75 Å². The van der Waals surface area contributed by atoms with Gasteiger partial charge in [-0.1, -0.05) is 0 Å². The van der Waals surface area contributed by atoms with Crippen molar-refractivity contribution in [2.24, 2.45) is 22.6 Å². The van der Waals surface area contributed by atoms with Gasteiger partial charge in [0.15, 0.2) is 0 Å². The maximum Gasteiger partial charge on any atom is 0.419 e. The summed E-state index contributed by atoms with van der Waals surface area (Å²) in [6.07, 6.45) is -0.460. The van der Waals surface area contributed by atoms with Crippen LogP contribution < -0.4 is 15.8 Å². The van der Waals surface area contributed by atoms with Crippen molar-refractivity contribution in [3.05, 3.63) is 47.2 Å².